The quantitative estimate of drug-likeness (QED) is 0.322. The van der Waals surface area contributed by atoms with Gasteiger partial charge < -0.3 is 10.1 Å². The van der Waals surface area contributed by atoms with Gasteiger partial charge in [0.25, 0.3) is 5.91 Å². The van der Waals surface area contributed by atoms with Gasteiger partial charge in [-0.1, -0.05) is 11.6 Å². The molecule has 0 aliphatic carbocycles. The zero-order valence-electron chi connectivity index (χ0n) is 14.2. The van der Waals surface area contributed by atoms with Gasteiger partial charge >= 0.3 is 5.97 Å². The largest absolute Gasteiger partial charge is 0.452 e. The van der Waals surface area contributed by atoms with Gasteiger partial charge in [0.15, 0.2) is 39.7 Å². The smallest absolute Gasteiger partial charge is 0.340 e. The third-order valence-electron chi connectivity index (χ3n) is 3.39. The summed E-state index contributed by atoms with van der Waals surface area (Å²) >= 11 is 5.76. The molecule has 0 saturated heterocycles. The lowest BCUT2D eigenvalue weighted by Gasteiger charge is -2.11. The highest BCUT2D eigenvalue weighted by Crippen LogP contribution is 2.27. The molecule has 0 aliphatic rings. The minimum absolute atomic E-state index is 0.220. The van der Waals surface area contributed by atoms with E-state index in [1.165, 1.54) is 5.32 Å². The number of anilines is 1. The number of carbonyl (C=O) groups is 2. The lowest BCUT2D eigenvalue weighted by molar-refractivity contribution is -0.119. The van der Waals surface area contributed by atoms with Crippen molar-refractivity contribution < 1.29 is 44.7 Å². The van der Waals surface area contributed by atoms with Gasteiger partial charge in [-0.15, -0.1) is 0 Å². The number of esters is 1. The van der Waals surface area contributed by atoms with Crippen molar-refractivity contribution in [2.45, 2.75) is 4.90 Å². The van der Waals surface area contributed by atoms with Crippen LogP contribution in [0.4, 0.5) is 27.6 Å². The predicted octanol–water partition coefficient (Wildman–Crippen LogP) is 3.23. The number of nitrogens with one attached hydrogen (secondary N) is 1. The molecule has 2 aromatic rings. The first-order chi connectivity index (χ1) is 13.3. The summed E-state index contributed by atoms with van der Waals surface area (Å²) in [5.74, 6) is -14.2. The molecule has 2 rings (SSSR count). The van der Waals surface area contributed by atoms with Gasteiger partial charge in [-0.25, -0.2) is 35.2 Å². The van der Waals surface area contributed by atoms with Crippen molar-refractivity contribution in [3.05, 3.63) is 57.9 Å². The highest BCUT2D eigenvalue weighted by atomic mass is 35.5. The molecule has 1 amide bonds. The summed E-state index contributed by atoms with van der Waals surface area (Å²) in [6.45, 7) is -1.20. The Balaban J connectivity index is 2.16. The standard InChI is InChI=1S/C16H9ClF5NO5S/c1-29(26,27)6-2-3-8(17)7(4-6)16(25)28-5-9(24)23-15-13(21)11(19)10(18)12(20)14(15)22/h2-4H,5H2,1H3,(H,23,24). The topological polar surface area (TPSA) is 89.5 Å². The number of benzene rings is 2. The number of halogens is 6. The number of ether oxygens (including phenoxy) is 1. The zero-order valence-corrected chi connectivity index (χ0v) is 15.7. The first kappa shape index (κ1) is 22.6. The van der Waals surface area contributed by atoms with Crippen LogP contribution in [0.1, 0.15) is 10.4 Å². The Morgan fingerprint density at radius 3 is 2.03 bits per heavy atom. The van der Waals surface area contributed by atoms with Crippen LogP contribution < -0.4 is 5.32 Å². The summed E-state index contributed by atoms with van der Waals surface area (Å²) in [5.41, 5.74) is -2.06. The summed E-state index contributed by atoms with van der Waals surface area (Å²) in [4.78, 5) is 23.4. The second kappa shape index (κ2) is 8.33. The SMILES string of the molecule is CS(=O)(=O)c1ccc(Cl)c(C(=O)OCC(=O)Nc2c(F)c(F)c(F)c(F)c2F)c1. The number of rotatable bonds is 5. The summed E-state index contributed by atoms with van der Waals surface area (Å²) in [6, 6.07) is 3.08. The van der Waals surface area contributed by atoms with Gasteiger partial charge in [-0.3, -0.25) is 4.79 Å². The van der Waals surface area contributed by atoms with Crippen molar-refractivity contribution in [1.29, 1.82) is 0 Å². The number of carbonyl (C=O) groups excluding carboxylic acids is 2. The van der Waals surface area contributed by atoms with Gasteiger partial charge in [0.05, 0.1) is 15.5 Å². The molecular formula is C16H9ClF5NO5S. The number of sulfone groups is 1. The molecule has 0 spiro atoms. The molecule has 0 aromatic heterocycles. The van der Waals surface area contributed by atoms with Crippen LogP contribution in [0.25, 0.3) is 0 Å². The minimum atomic E-state index is -3.70. The van der Waals surface area contributed by atoms with Crippen LogP contribution in [-0.2, 0) is 19.4 Å². The highest BCUT2D eigenvalue weighted by molar-refractivity contribution is 7.90. The maximum absolute atomic E-state index is 13.5. The van der Waals surface area contributed by atoms with Crippen LogP contribution in [0.5, 0.6) is 0 Å². The van der Waals surface area contributed by atoms with Crippen molar-refractivity contribution in [2.24, 2.45) is 0 Å². The van der Waals surface area contributed by atoms with E-state index in [2.05, 4.69) is 4.74 Å². The van der Waals surface area contributed by atoms with Crippen molar-refractivity contribution in [3.8, 4) is 0 Å². The Labute approximate surface area is 165 Å². The fourth-order valence-electron chi connectivity index (χ4n) is 1.99. The molecule has 0 bridgehead atoms. The molecule has 1 N–H and O–H groups in total. The predicted molar refractivity (Wildman–Crippen MR) is 89.7 cm³/mol. The average Bonchev–Trinajstić information content (AvgIpc) is 2.65. The molecule has 13 heteroatoms. The first-order valence-corrected chi connectivity index (χ1v) is 9.59. The molecule has 0 heterocycles. The second-order valence-corrected chi connectivity index (χ2v) is 7.91. The van der Waals surface area contributed by atoms with E-state index < -0.39 is 68.7 Å². The third kappa shape index (κ3) is 4.82. The van der Waals surface area contributed by atoms with Crippen LogP contribution in [0.2, 0.25) is 5.02 Å². The van der Waals surface area contributed by atoms with E-state index in [9.17, 15) is 40.0 Å². The number of amides is 1. The van der Waals surface area contributed by atoms with Gasteiger partial charge in [0.1, 0.15) is 5.69 Å². The minimum Gasteiger partial charge on any atom is -0.452 e. The van der Waals surface area contributed by atoms with Crippen LogP contribution in [-0.4, -0.2) is 33.2 Å². The van der Waals surface area contributed by atoms with Gasteiger partial charge in [-0.05, 0) is 18.2 Å². The fraction of sp³-hybridized carbons (Fsp3) is 0.125. The van der Waals surface area contributed by atoms with E-state index in [1.807, 2.05) is 0 Å². The van der Waals surface area contributed by atoms with Gasteiger partial charge in [0, 0.05) is 6.26 Å². The summed E-state index contributed by atoms with van der Waals surface area (Å²) in [7, 11) is -3.70. The van der Waals surface area contributed by atoms with E-state index >= 15 is 0 Å². The van der Waals surface area contributed by atoms with E-state index in [0.29, 0.717) is 0 Å². The molecule has 0 unspecified atom stereocenters. The van der Waals surface area contributed by atoms with Gasteiger partial charge in [-0.2, -0.15) is 0 Å². The molecule has 0 aliphatic heterocycles. The lowest BCUT2D eigenvalue weighted by atomic mass is 10.2. The zero-order chi connectivity index (χ0) is 22.1. The molecular weight excluding hydrogens is 449 g/mol. The Kier molecular flexibility index (Phi) is 6.48. The maximum Gasteiger partial charge on any atom is 0.340 e. The fourth-order valence-corrected chi connectivity index (χ4v) is 2.83. The maximum atomic E-state index is 13.5. The van der Waals surface area contributed by atoms with Crippen LogP contribution in [0.15, 0.2) is 23.1 Å². The molecule has 0 radical (unpaired) electrons. The highest BCUT2D eigenvalue weighted by Gasteiger charge is 2.27. The molecule has 156 valence electrons. The Morgan fingerprint density at radius 1 is 1.00 bits per heavy atom. The van der Waals surface area contributed by atoms with Crippen molar-refractivity contribution in [1.82, 2.24) is 0 Å². The third-order valence-corrected chi connectivity index (χ3v) is 4.83. The van der Waals surface area contributed by atoms with E-state index in [1.54, 1.807) is 0 Å². The van der Waals surface area contributed by atoms with Crippen molar-refractivity contribution in [2.75, 3.05) is 18.2 Å². The van der Waals surface area contributed by atoms with Crippen molar-refractivity contribution >= 4 is 39.0 Å². The van der Waals surface area contributed by atoms with E-state index in [-0.39, 0.29) is 9.92 Å². The van der Waals surface area contributed by atoms with E-state index in [0.717, 1.165) is 24.5 Å². The molecule has 0 fully saturated rings. The van der Waals surface area contributed by atoms with Crippen LogP contribution in [0, 0.1) is 29.1 Å². The second-order valence-electron chi connectivity index (χ2n) is 5.48. The molecule has 29 heavy (non-hydrogen) atoms. The van der Waals surface area contributed by atoms with E-state index in [4.69, 9.17) is 11.6 Å². The van der Waals surface area contributed by atoms with Crippen LogP contribution in [0.3, 0.4) is 0 Å². The molecule has 0 atom stereocenters. The summed E-state index contributed by atoms with van der Waals surface area (Å²) in [5, 5.41) is 1.18. The Morgan fingerprint density at radius 2 is 1.52 bits per heavy atom. The lowest BCUT2D eigenvalue weighted by Crippen LogP contribution is -2.23. The first-order valence-electron chi connectivity index (χ1n) is 7.32. The summed E-state index contributed by atoms with van der Waals surface area (Å²) in [6.07, 6.45) is 0.864. The monoisotopic (exact) mass is 457 g/mol. The van der Waals surface area contributed by atoms with Gasteiger partial charge in [0.2, 0.25) is 5.82 Å². The summed E-state index contributed by atoms with van der Waals surface area (Å²) < 4.78 is 93.8. The molecule has 0 saturated carbocycles. The van der Waals surface area contributed by atoms with Crippen LogP contribution >= 0.6 is 11.6 Å². The Bertz CT molecular complexity index is 1090. The van der Waals surface area contributed by atoms with Crippen molar-refractivity contribution in [3.63, 3.8) is 0 Å². The molecule has 2 aromatic carbocycles. The Hall–Kier alpha value is -2.73. The number of hydrogen-bond acceptors (Lipinski definition) is 5. The normalized spacial score (nSPS) is 11.3. The number of hydrogen-bond donors (Lipinski definition) is 1. The average molecular weight is 458 g/mol. The molecule has 6 nitrogen and oxygen atoms in total.